The third-order valence-electron chi connectivity index (χ3n) is 5.17. The van der Waals surface area contributed by atoms with E-state index >= 15 is 0 Å². The molecule has 1 atom stereocenters. The molecular weight excluding hydrogens is 316 g/mol. The Hall–Kier alpha value is -2.11. The number of hydrogen-bond acceptors (Lipinski definition) is 3. The summed E-state index contributed by atoms with van der Waals surface area (Å²) >= 11 is 0. The summed E-state index contributed by atoms with van der Waals surface area (Å²) in [6, 6.07) is 4.01. The average Bonchev–Trinajstić information content (AvgIpc) is 3.06. The molecule has 1 aromatic rings. The minimum atomic E-state index is -0.00324. The van der Waals surface area contributed by atoms with Gasteiger partial charge in [0.2, 0.25) is 0 Å². The lowest BCUT2D eigenvalue weighted by atomic mass is 10.0. The topological polar surface area (TPSA) is 65.5 Å². The first-order chi connectivity index (χ1) is 12.0. The molecular formula is C19H28N4O2. The summed E-state index contributed by atoms with van der Waals surface area (Å²) in [6.07, 6.45) is 2.63. The maximum absolute atomic E-state index is 13.1. The molecule has 25 heavy (non-hydrogen) atoms. The van der Waals surface area contributed by atoms with E-state index in [-0.39, 0.29) is 18.0 Å². The fourth-order valence-corrected chi connectivity index (χ4v) is 3.70. The van der Waals surface area contributed by atoms with E-state index in [9.17, 15) is 9.59 Å². The fraction of sp³-hybridized carbons (Fsp3) is 0.632. The second-order valence-electron chi connectivity index (χ2n) is 7.21. The quantitative estimate of drug-likeness (QED) is 0.912. The monoisotopic (exact) mass is 344 g/mol. The molecule has 136 valence electrons. The Balaban J connectivity index is 1.77. The second kappa shape index (κ2) is 7.42. The lowest BCUT2D eigenvalue weighted by Gasteiger charge is -2.37. The van der Waals surface area contributed by atoms with Crippen molar-refractivity contribution < 1.29 is 9.59 Å². The highest BCUT2D eigenvalue weighted by Crippen LogP contribution is 2.22. The molecule has 0 aliphatic carbocycles. The summed E-state index contributed by atoms with van der Waals surface area (Å²) in [4.78, 5) is 33.5. The number of nitrogens with one attached hydrogen (secondary N) is 1. The third kappa shape index (κ3) is 3.62. The molecule has 1 aromatic heterocycles. The summed E-state index contributed by atoms with van der Waals surface area (Å²) in [6.45, 7) is 9.05. The molecule has 2 aliphatic heterocycles. The lowest BCUT2D eigenvalue weighted by Crippen LogP contribution is -2.50. The molecule has 0 aromatic carbocycles. The van der Waals surface area contributed by atoms with Crippen LogP contribution >= 0.6 is 0 Å². The van der Waals surface area contributed by atoms with E-state index in [4.69, 9.17) is 4.98 Å². The van der Waals surface area contributed by atoms with Crippen LogP contribution in [0.25, 0.3) is 0 Å². The first kappa shape index (κ1) is 17.7. The van der Waals surface area contributed by atoms with Crippen LogP contribution in [-0.4, -0.2) is 58.9 Å². The molecule has 2 fully saturated rings. The Morgan fingerprint density at radius 3 is 2.80 bits per heavy atom. The van der Waals surface area contributed by atoms with Crippen molar-refractivity contribution in [2.24, 2.45) is 0 Å². The summed E-state index contributed by atoms with van der Waals surface area (Å²) in [5.74, 6) is 0.395. The predicted molar refractivity (Wildman–Crippen MR) is 96.7 cm³/mol. The van der Waals surface area contributed by atoms with Crippen LogP contribution in [0.2, 0.25) is 0 Å². The highest BCUT2D eigenvalue weighted by atomic mass is 16.2. The summed E-state index contributed by atoms with van der Waals surface area (Å²) in [7, 11) is 0. The number of amides is 3. The van der Waals surface area contributed by atoms with Crippen molar-refractivity contribution in [2.75, 3.05) is 26.2 Å². The van der Waals surface area contributed by atoms with Gasteiger partial charge in [-0.2, -0.15) is 0 Å². The van der Waals surface area contributed by atoms with Gasteiger partial charge in [-0.15, -0.1) is 0 Å². The normalized spacial score (nSPS) is 21.0. The number of nitrogens with zero attached hydrogens (tertiary/aromatic N) is 3. The Bertz CT molecular complexity index is 659. The maximum atomic E-state index is 13.1. The summed E-state index contributed by atoms with van der Waals surface area (Å²) < 4.78 is 0. The molecule has 3 amide bonds. The second-order valence-corrected chi connectivity index (χ2v) is 7.21. The number of urea groups is 1. The van der Waals surface area contributed by atoms with Gasteiger partial charge >= 0.3 is 6.03 Å². The van der Waals surface area contributed by atoms with Crippen LogP contribution in [-0.2, 0) is 6.42 Å². The van der Waals surface area contributed by atoms with Crippen LogP contribution in [0.3, 0.4) is 0 Å². The molecule has 0 bridgehead atoms. The van der Waals surface area contributed by atoms with Crippen LogP contribution in [0, 0.1) is 0 Å². The largest absolute Gasteiger partial charge is 0.337 e. The number of piperidine rings is 1. The van der Waals surface area contributed by atoms with Gasteiger partial charge in [-0.05, 0) is 37.3 Å². The number of aromatic nitrogens is 1. The Kier molecular flexibility index (Phi) is 5.25. The van der Waals surface area contributed by atoms with Gasteiger partial charge in [0.15, 0.2) is 0 Å². The molecule has 3 rings (SSSR count). The van der Waals surface area contributed by atoms with E-state index < -0.39 is 0 Å². The van der Waals surface area contributed by atoms with Crippen molar-refractivity contribution in [1.82, 2.24) is 20.1 Å². The number of rotatable bonds is 4. The minimum absolute atomic E-state index is 0.00324. The highest BCUT2D eigenvalue weighted by Gasteiger charge is 2.33. The Morgan fingerprint density at radius 2 is 2.16 bits per heavy atom. The van der Waals surface area contributed by atoms with Gasteiger partial charge in [-0.25, -0.2) is 4.79 Å². The average molecular weight is 344 g/mol. The number of hydrogen-bond donors (Lipinski definition) is 1. The van der Waals surface area contributed by atoms with E-state index in [1.165, 1.54) is 0 Å². The third-order valence-corrected chi connectivity index (χ3v) is 5.17. The van der Waals surface area contributed by atoms with Gasteiger partial charge in [0.25, 0.3) is 5.91 Å². The molecule has 0 radical (unpaired) electrons. The van der Waals surface area contributed by atoms with Crippen molar-refractivity contribution in [1.29, 1.82) is 0 Å². The van der Waals surface area contributed by atoms with Crippen molar-refractivity contribution in [3.05, 3.63) is 29.1 Å². The number of carbonyl (C=O) groups excluding carboxylic acids is 2. The van der Waals surface area contributed by atoms with E-state index in [2.05, 4.69) is 19.2 Å². The standard InChI is InChI=1S/C19H28N4O2/c1-4-16-15(7-8-17(21-16)13(2)3)18(24)22-10-5-6-14(12-22)23-11-9-20-19(23)25/h7-8,13-14H,4-6,9-12H2,1-3H3,(H,20,25). The zero-order valence-corrected chi connectivity index (χ0v) is 15.4. The lowest BCUT2D eigenvalue weighted by molar-refractivity contribution is 0.0633. The van der Waals surface area contributed by atoms with Gasteiger partial charge < -0.3 is 15.1 Å². The van der Waals surface area contributed by atoms with Gasteiger partial charge in [-0.1, -0.05) is 20.8 Å². The Morgan fingerprint density at radius 1 is 1.36 bits per heavy atom. The summed E-state index contributed by atoms with van der Waals surface area (Å²) in [5, 5.41) is 2.85. The maximum Gasteiger partial charge on any atom is 0.317 e. The van der Waals surface area contributed by atoms with Crippen molar-refractivity contribution in [2.45, 2.75) is 52.0 Å². The first-order valence-corrected chi connectivity index (χ1v) is 9.34. The zero-order valence-electron chi connectivity index (χ0n) is 15.4. The van der Waals surface area contributed by atoms with Gasteiger partial charge in [-0.3, -0.25) is 9.78 Å². The minimum Gasteiger partial charge on any atom is -0.337 e. The van der Waals surface area contributed by atoms with E-state index in [1.54, 1.807) is 0 Å². The zero-order chi connectivity index (χ0) is 18.0. The van der Waals surface area contributed by atoms with Crippen LogP contribution in [0.1, 0.15) is 61.3 Å². The van der Waals surface area contributed by atoms with Gasteiger partial charge in [0.1, 0.15) is 0 Å². The molecule has 1 unspecified atom stereocenters. The molecule has 0 spiro atoms. The van der Waals surface area contributed by atoms with Gasteiger partial charge in [0, 0.05) is 31.9 Å². The number of pyridine rings is 1. The molecule has 6 nitrogen and oxygen atoms in total. The molecule has 6 heteroatoms. The van der Waals surface area contributed by atoms with E-state index in [0.717, 1.165) is 43.7 Å². The van der Waals surface area contributed by atoms with E-state index in [1.807, 2.05) is 28.9 Å². The van der Waals surface area contributed by atoms with Crippen LogP contribution in [0.15, 0.2) is 12.1 Å². The molecule has 2 saturated heterocycles. The van der Waals surface area contributed by atoms with Crippen LogP contribution in [0.5, 0.6) is 0 Å². The van der Waals surface area contributed by atoms with Crippen LogP contribution < -0.4 is 5.32 Å². The predicted octanol–water partition coefficient (Wildman–Crippen LogP) is 2.40. The first-order valence-electron chi connectivity index (χ1n) is 9.34. The number of carbonyl (C=O) groups is 2. The molecule has 2 aliphatic rings. The van der Waals surface area contributed by atoms with Crippen LogP contribution in [0.4, 0.5) is 4.79 Å². The number of aryl methyl sites for hydroxylation is 1. The Labute approximate surface area is 149 Å². The van der Waals surface area contributed by atoms with Crippen molar-refractivity contribution >= 4 is 11.9 Å². The smallest absolute Gasteiger partial charge is 0.317 e. The summed E-state index contributed by atoms with van der Waals surface area (Å²) in [5.41, 5.74) is 2.61. The number of likely N-dealkylation sites (tertiary alicyclic amines) is 1. The molecule has 3 heterocycles. The van der Waals surface area contributed by atoms with Crippen molar-refractivity contribution in [3.63, 3.8) is 0 Å². The van der Waals surface area contributed by atoms with Gasteiger partial charge in [0.05, 0.1) is 17.3 Å². The van der Waals surface area contributed by atoms with Crippen molar-refractivity contribution in [3.8, 4) is 0 Å². The molecule has 1 N–H and O–H groups in total. The molecule has 0 saturated carbocycles. The van der Waals surface area contributed by atoms with E-state index in [0.29, 0.717) is 24.6 Å². The SMILES string of the molecule is CCc1nc(C(C)C)ccc1C(=O)N1CCCC(N2CCNC2=O)C1. The fourth-order valence-electron chi connectivity index (χ4n) is 3.70. The highest BCUT2D eigenvalue weighted by molar-refractivity contribution is 5.95.